The number of ether oxygens (including phenoxy) is 1. The molecule has 5 aromatic rings. The minimum Gasteiger partial charge on any atom is -0.425 e. The largest absolute Gasteiger partial charge is 0.425 e. The van der Waals surface area contributed by atoms with E-state index in [0.29, 0.717) is 22.9 Å². The van der Waals surface area contributed by atoms with Crippen molar-refractivity contribution in [2.45, 2.75) is 64.1 Å². The van der Waals surface area contributed by atoms with Crippen LogP contribution in [0.2, 0.25) is 0 Å². The van der Waals surface area contributed by atoms with Crippen LogP contribution in [0.5, 0.6) is 5.75 Å². The zero-order chi connectivity index (χ0) is 34.0. The SMILES string of the molecule is C=Nc1ccc(-c2csc([C@H](C)C(O)(Cn3cc(Cc4cc(C)c(OC(=O)C5CCCN5)c(C)c4)cn3)c3ccc(F)cc3F)n2)cc1. The summed E-state index contributed by atoms with van der Waals surface area (Å²) in [5.74, 6) is -1.96. The number of aromatic nitrogens is 3. The maximum Gasteiger partial charge on any atom is 0.328 e. The van der Waals surface area contributed by atoms with E-state index in [1.165, 1.54) is 17.4 Å². The van der Waals surface area contributed by atoms with E-state index in [1.807, 2.05) is 61.8 Å². The van der Waals surface area contributed by atoms with Crippen molar-refractivity contribution in [1.82, 2.24) is 20.1 Å². The molecule has 8 nitrogen and oxygen atoms in total. The van der Waals surface area contributed by atoms with Gasteiger partial charge in [-0.3, -0.25) is 9.67 Å². The smallest absolute Gasteiger partial charge is 0.328 e. The number of halogens is 2. The lowest BCUT2D eigenvalue weighted by atomic mass is 9.82. The Hall–Kier alpha value is -4.58. The lowest BCUT2D eigenvalue weighted by Crippen LogP contribution is -2.38. The van der Waals surface area contributed by atoms with E-state index in [-0.39, 0.29) is 24.1 Å². The zero-order valence-corrected chi connectivity index (χ0v) is 27.9. The Labute approximate surface area is 282 Å². The normalized spacial score (nSPS) is 16.4. The van der Waals surface area contributed by atoms with Crippen LogP contribution in [0.3, 0.4) is 0 Å². The first-order valence-electron chi connectivity index (χ1n) is 15.8. The lowest BCUT2D eigenvalue weighted by Gasteiger charge is -2.34. The van der Waals surface area contributed by atoms with Crippen LogP contribution in [0.15, 0.2) is 77.4 Å². The number of aryl methyl sites for hydroxylation is 2. The van der Waals surface area contributed by atoms with Crippen molar-refractivity contribution in [3.63, 3.8) is 0 Å². The molecule has 48 heavy (non-hydrogen) atoms. The molecule has 1 fully saturated rings. The molecule has 1 aliphatic heterocycles. The number of rotatable bonds is 11. The van der Waals surface area contributed by atoms with Gasteiger partial charge in [-0.2, -0.15) is 5.10 Å². The van der Waals surface area contributed by atoms with Gasteiger partial charge in [0.1, 0.15) is 29.0 Å². The first-order chi connectivity index (χ1) is 23.0. The van der Waals surface area contributed by atoms with Crippen LogP contribution in [0.1, 0.15) is 58.5 Å². The highest BCUT2D eigenvalue weighted by Gasteiger charge is 2.41. The molecule has 2 unspecified atom stereocenters. The molecule has 3 aromatic carbocycles. The fourth-order valence-corrected chi connectivity index (χ4v) is 7.26. The average Bonchev–Trinajstić information content (AvgIpc) is 3.86. The van der Waals surface area contributed by atoms with Crippen LogP contribution >= 0.6 is 11.3 Å². The van der Waals surface area contributed by atoms with Gasteiger partial charge < -0.3 is 15.2 Å². The second kappa shape index (κ2) is 13.9. The molecule has 0 radical (unpaired) electrons. The van der Waals surface area contributed by atoms with Gasteiger partial charge in [0.2, 0.25) is 0 Å². The summed E-state index contributed by atoms with van der Waals surface area (Å²) in [5.41, 5.74) is 4.04. The monoisotopic (exact) mass is 669 g/mol. The third-order valence-electron chi connectivity index (χ3n) is 8.92. The Morgan fingerprint density at radius 1 is 1.17 bits per heavy atom. The predicted molar refractivity (Wildman–Crippen MR) is 183 cm³/mol. The fraction of sp³-hybridized carbons (Fsp3) is 0.297. The minimum atomic E-state index is -1.82. The summed E-state index contributed by atoms with van der Waals surface area (Å²) in [5, 5.41) is 22.5. The summed E-state index contributed by atoms with van der Waals surface area (Å²) in [7, 11) is 0. The van der Waals surface area contributed by atoms with Crippen molar-refractivity contribution in [2.24, 2.45) is 4.99 Å². The molecule has 3 atom stereocenters. The summed E-state index contributed by atoms with van der Waals surface area (Å²) in [6.45, 7) is 9.87. The van der Waals surface area contributed by atoms with Gasteiger partial charge in [0.15, 0.2) is 0 Å². The molecule has 0 saturated carbocycles. The van der Waals surface area contributed by atoms with E-state index in [1.54, 1.807) is 17.8 Å². The van der Waals surface area contributed by atoms with Crippen LogP contribution in [0.4, 0.5) is 14.5 Å². The molecule has 11 heteroatoms. The Morgan fingerprint density at radius 2 is 1.92 bits per heavy atom. The molecular formula is C37H37F2N5O3S. The van der Waals surface area contributed by atoms with Crippen molar-refractivity contribution < 1.29 is 23.4 Å². The number of nitrogens with zero attached hydrogens (tertiary/aromatic N) is 4. The van der Waals surface area contributed by atoms with Gasteiger partial charge in [-0.05, 0) is 80.4 Å². The second-order valence-electron chi connectivity index (χ2n) is 12.4. The Morgan fingerprint density at radius 3 is 2.58 bits per heavy atom. The fourth-order valence-electron chi connectivity index (χ4n) is 6.28. The number of hydrogen-bond donors (Lipinski definition) is 2. The third kappa shape index (κ3) is 6.99. The molecule has 0 spiro atoms. The number of carbonyl (C=O) groups excluding carboxylic acids is 1. The molecule has 0 bridgehead atoms. The molecule has 0 aliphatic carbocycles. The van der Waals surface area contributed by atoms with Gasteiger partial charge in [0.25, 0.3) is 0 Å². The predicted octanol–water partition coefficient (Wildman–Crippen LogP) is 7.17. The number of aliphatic hydroxyl groups is 1. The summed E-state index contributed by atoms with van der Waals surface area (Å²) < 4.78 is 36.7. The molecule has 0 amide bonds. The molecule has 3 heterocycles. The molecule has 1 aliphatic rings. The lowest BCUT2D eigenvalue weighted by molar-refractivity contribution is -0.136. The summed E-state index contributed by atoms with van der Waals surface area (Å²) in [6.07, 6.45) is 5.78. The van der Waals surface area contributed by atoms with Crippen LogP contribution in [-0.2, 0) is 23.4 Å². The molecule has 6 rings (SSSR count). The van der Waals surface area contributed by atoms with Crippen molar-refractivity contribution in [1.29, 1.82) is 0 Å². The van der Waals surface area contributed by atoms with E-state index >= 15 is 4.39 Å². The van der Waals surface area contributed by atoms with Gasteiger partial charge in [-0.25, -0.2) is 18.6 Å². The quantitative estimate of drug-likeness (QED) is 0.0879. The Kier molecular flexibility index (Phi) is 9.63. The van der Waals surface area contributed by atoms with Crippen LogP contribution in [-0.4, -0.2) is 45.1 Å². The van der Waals surface area contributed by atoms with Crippen LogP contribution < -0.4 is 10.1 Å². The number of carbonyl (C=O) groups is 1. The first-order valence-corrected chi connectivity index (χ1v) is 16.7. The molecule has 1 saturated heterocycles. The first kappa shape index (κ1) is 33.3. The minimum absolute atomic E-state index is 0.0456. The number of benzene rings is 3. The van der Waals surface area contributed by atoms with Crippen LogP contribution in [0.25, 0.3) is 11.3 Å². The molecule has 2 N–H and O–H groups in total. The van der Waals surface area contributed by atoms with Gasteiger partial charge >= 0.3 is 5.97 Å². The van der Waals surface area contributed by atoms with Gasteiger partial charge in [0.05, 0.1) is 29.1 Å². The summed E-state index contributed by atoms with van der Waals surface area (Å²) in [6, 6.07) is 14.4. The maximum atomic E-state index is 15.3. The maximum absolute atomic E-state index is 15.3. The van der Waals surface area contributed by atoms with E-state index < -0.39 is 23.2 Å². The second-order valence-corrected chi connectivity index (χ2v) is 13.3. The highest BCUT2D eigenvalue weighted by Crippen LogP contribution is 2.42. The standard InChI is InChI=1S/C37H37F2N5O3S/c1-22-14-25(15-23(2)34(22)47-36(45)32-6-5-13-41-32)16-26-18-42-44(19-26)21-37(46,30-12-9-28(38)17-31(30)39)24(3)35-43-33(20-48-35)27-7-10-29(40-4)11-8-27/h7-12,14-15,17-20,24,32,41,46H,4-6,13,16,21H2,1-3H3/t24-,32?,37?/m0/s1. The zero-order valence-electron chi connectivity index (χ0n) is 27.0. The van der Waals surface area contributed by atoms with Crippen molar-refractivity contribution in [3.8, 4) is 17.0 Å². The van der Waals surface area contributed by atoms with E-state index in [4.69, 9.17) is 9.72 Å². The van der Waals surface area contributed by atoms with Crippen molar-refractivity contribution >= 4 is 29.7 Å². The average molecular weight is 670 g/mol. The molecule has 2 aromatic heterocycles. The number of aliphatic imine (C=N–C) groups is 1. The summed E-state index contributed by atoms with van der Waals surface area (Å²) >= 11 is 1.36. The van der Waals surface area contributed by atoms with E-state index in [2.05, 4.69) is 22.1 Å². The number of nitrogens with one attached hydrogen (secondary N) is 1. The van der Waals surface area contributed by atoms with Gasteiger partial charge in [-0.1, -0.05) is 37.3 Å². The highest BCUT2D eigenvalue weighted by molar-refractivity contribution is 7.10. The highest BCUT2D eigenvalue weighted by atomic mass is 32.1. The van der Waals surface area contributed by atoms with Crippen LogP contribution in [0, 0.1) is 25.5 Å². The number of esters is 1. The van der Waals surface area contributed by atoms with Crippen molar-refractivity contribution in [2.75, 3.05) is 6.54 Å². The van der Waals surface area contributed by atoms with Gasteiger partial charge in [0, 0.05) is 41.1 Å². The number of hydrogen-bond acceptors (Lipinski definition) is 8. The van der Waals surface area contributed by atoms with E-state index in [0.717, 1.165) is 65.0 Å². The topological polar surface area (TPSA) is 102 Å². The van der Waals surface area contributed by atoms with E-state index in [9.17, 15) is 14.3 Å². The number of thiazole rings is 1. The Balaban J connectivity index is 1.24. The molecular weight excluding hydrogens is 633 g/mol. The summed E-state index contributed by atoms with van der Waals surface area (Å²) in [4.78, 5) is 21.3. The van der Waals surface area contributed by atoms with Gasteiger partial charge in [-0.15, -0.1) is 11.3 Å². The Bertz CT molecular complexity index is 1930. The van der Waals surface area contributed by atoms with Crippen molar-refractivity contribution in [3.05, 3.63) is 117 Å². The molecule has 248 valence electrons. The third-order valence-corrected chi connectivity index (χ3v) is 9.94.